The van der Waals surface area contributed by atoms with Gasteiger partial charge in [0.1, 0.15) is 12.1 Å². The Labute approximate surface area is 147 Å². The smallest absolute Gasteiger partial charge is 0.236 e. The molecule has 1 N–H and O–H groups in total. The highest BCUT2D eigenvalue weighted by atomic mass is 35.5. The van der Waals surface area contributed by atoms with E-state index >= 15 is 0 Å². The van der Waals surface area contributed by atoms with Crippen LogP contribution in [-0.4, -0.2) is 35.7 Å². The maximum Gasteiger partial charge on any atom is 0.236 e. The molecule has 1 amide bonds. The van der Waals surface area contributed by atoms with Gasteiger partial charge in [0.15, 0.2) is 11.9 Å². The van der Waals surface area contributed by atoms with E-state index in [1.165, 1.54) is 0 Å². The number of carbonyl (C=O) groups is 1. The normalized spacial score (nSPS) is 53.2. The number of hydrogen-bond donors (Lipinski definition) is 1. The molecule has 1 saturated carbocycles. The molecular formula is C17H26ClNO5. The molecule has 0 radical (unpaired) electrons. The van der Waals surface area contributed by atoms with E-state index in [1.54, 1.807) is 0 Å². The van der Waals surface area contributed by atoms with E-state index in [-0.39, 0.29) is 23.6 Å². The molecule has 5 fully saturated rings. The third-order valence-corrected chi connectivity index (χ3v) is 6.83. The lowest BCUT2D eigenvalue weighted by atomic mass is 9.58. The van der Waals surface area contributed by atoms with Crippen molar-refractivity contribution in [3.05, 3.63) is 0 Å². The monoisotopic (exact) mass is 359 g/mol. The van der Waals surface area contributed by atoms with Gasteiger partial charge in [0.2, 0.25) is 11.7 Å². The zero-order valence-corrected chi connectivity index (χ0v) is 15.2. The minimum Gasteiger partial charge on any atom is -0.329 e. The van der Waals surface area contributed by atoms with Crippen LogP contribution in [0.1, 0.15) is 46.5 Å². The van der Waals surface area contributed by atoms with Gasteiger partial charge in [0.05, 0.1) is 0 Å². The number of halogens is 1. The molecule has 4 saturated heterocycles. The molecule has 8 atom stereocenters. The molecule has 0 aromatic rings. The maximum absolute atomic E-state index is 11.8. The van der Waals surface area contributed by atoms with Crippen molar-refractivity contribution in [1.29, 1.82) is 0 Å². The molecule has 24 heavy (non-hydrogen) atoms. The molecular weight excluding hydrogens is 334 g/mol. The van der Waals surface area contributed by atoms with Gasteiger partial charge in [-0.05, 0) is 38.0 Å². The van der Waals surface area contributed by atoms with Gasteiger partial charge in [0, 0.05) is 18.3 Å². The summed E-state index contributed by atoms with van der Waals surface area (Å²) in [5.41, 5.74) is -0.588. The Morgan fingerprint density at radius 1 is 1.21 bits per heavy atom. The van der Waals surface area contributed by atoms with Gasteiger partial charge in [-0.3, -0.25) is 4.79 Å². The topological polar surface area (TPSA) is 66.0 Å². The summed E-state index contributed by atoms with van der Waals surface area (Å²) in [7, 11) is 0. The summed E-state index contributed by atoms with van der Waals surface area (Å²) in [6.07, 6.45) is 2.98. The zero-order chi connectivity index (χ0) is 17.1. The average Bonchev–Trinajstić information content (AvgIpc) is 2.78. The number of nitrogens with one attached hydrogen (secondary N) is 1. The van der Waals surface area contributed by atoms with E-state index in [0.717, 1.165) is 25.7 Å². The first-order valence-electron chi connectivity index (χ1n) is 8.95. The van der Waals surface area contributed by atoms with Crippen LogP contribution in [-0.2, 0) is 24.0 Å². The van der Waals surface area contributed by atoms with Crippen molar-refractivity contribution in [3.63, 3.8) is 0 Å². The number of amides is 1. The second-order valence-corrected chi connectivity index (χ2v) is 8.29. The molecule has 0 aromatic heterocycles. The maximum atomic E-state index is 11.8. The largest absolute Gasteiger partial charge is 0.329 e. The predicted octanol–water partition coefficient (Wildman–Crippen LogP) is 2.55. The fraction of sp³-hybridized carbons (Fsp3) is 0.941. The van der Waals surface area contributed by atoms with E-state index in [1.807, 2.05) is 6.92 Å². The molecule has 5 aliphatic rings. The second kappa shape index (κ2) is 5.81. The van der Waals surface area contributed by atoms with E-state index in [9.17, 15) is 4.79 Å². The van der Waals surface area contributed by atoms with Crippen molar-refractivity contribution in [1.82, 2.24) is 5.32 Å². The highest BCUT2D eigenvalue weighted by molar-refractivity contribution is 6.27. The Bertz CT molecular complexity index is 533. The lowest BCUT2D eigenvalue weighted by Gasteiger charge is -2.60. The first-order valence-corrected chi connectivity index (χ1v) is 9.48. The van der Waals surface area contributed by atoms with Crippen LogP contribution in [0.4, 0.5) is 0 Å². The van der Waals surface area contributed by atoms with Gasteiger partial charge < -0.3 is 14.8 Å². The first-order chi connectivity index (χ1) is 11.4. The van der Waals surface area contributed by atoms with Crippen LogP contribution in [0.3, 0.4) is 0 Å². The summed E-state index contributed by atoms with van der Waals surface area (Å²) < 4.78 is 12.4. The van der Waals surface area contributed by atoms with Gasteiger partial charge >= 0.3 is 0 Å². The van der Waals surface area contributed by atoms with Crippen LogP contribution >= 0.6 is 11.6 Å². The molecule has 7 heteroatoms. The highest BCUT2D eigenvalue weighted by Crippen LogP contribution is 2.60. The third-order valence-electron chi connectivity index (χ3n) is 6.58. The molecule has 4 aliphatic heterocycles. The van der Waals surface area contributed by atoms with Crippen LogP contribution in [0.15, 0.2) is 0 Å². The van der Waals surface area contributed by atoms with Gasteiger partial charge in [0.25, 0.3) is 0 Å². The van der Waals surface area contributed by atoms with Crippen LogP contribution in [0, 0.1) is 23.7 Å². The van der Waals surface area contributed by atoms with Gasteiger partial charge in [-0.15, -0.1) is 11.6 Å². The summed E-state index contributed by atoms with van der Waals surface area (Å²) in [5.74, 6) is 0.0642. The van der Waals surface area contributed by atoms with Gasteiger partial charge in [-0.25, -0.2) is 9.78 Å². The standard InChI is InChI=1S/C17H26ClNO5/c1-9-4-5-12-10(2)14(19-13(20)8-18)21-15-17(12)11(9)6-7-16(3,22-15)23-24-17/h9-12,14-15H,4-8H2,1-3H3,(H,19,20)/t9-,10-,11+,12+,14+,15-,16-,17-/m1/s1. The van der Waals surface area contributed by atoms with Gasteiger partial charge in [-0.1, -0.05) is 13.8 Å². The summed E-state index contributed by atoms with van der Waals surface area (Å²) in [6, 6.07) is 0. The SMILES string of the molecule is C[C@H]1[C@@H](NC(=O)CCl)O[C@@H]2O[C@@]3(C)CC[C@H]4[C@H](C)CC[C@@H]1[C@@]24OO3. The predicted molar refractivity (Wildman–Crippen MR) is 85.7 cm³/mol. The first kappa shape index (κ1) is 17.0. The van der Waals surface area contributed by atoms with Crippen molar-refractivity contribution in [3.8, 4) is 0 Å². The quantitative estimate of drug-likeness (QED) is 0.606. The number of rotatable bonds is 2. The van der Waals surface area contributed by atoms with E-state index < -0.39 is 23.9 Å². The highest BCUT2D eigenvalue weighted by Gasteiger charge is 2.69. The van der Waals surface area contributed by atoms with Crippen molar-refractivity contribution in [2.45, 2.75) is 70.4 Å². The molecule has 6 nitrogen and oxygen atoms in total. The van der Waals surface area contributed by atoms with Crippen molar-refractivity contribution in [2.75, 3.05) is 5.88 Å². The Hall–Kier alpha value is -0.400. The Morgan fingerprint density at radius 3 is 2.75 bits per heavy atom. The minimum absolute atomic E-state index is 0.0785. The van der Waals surface area contributed by atoms with Gasteiger partial charge in [-0.2, -0.15) is 0 Å². The molecule has 5 rings (SSSR count). The van der Waals surface area contributed by atoms with Crippen LogP contribution < -0.4 is 5.32 Å². The molecule has 1 spiro atoms. The van der Waals surface area contributed by atoms with Crippen LogP contribution in [0.5, 0.6) is 0 Å². The molecule has 4 heterocycles. The fourth-order valence-electron chi connectivity index (χ4n) is 5.27. The van der Waals surface area contributed by atoms with E-state index in [2.05, 4.69) is 19.2 Å². The van der Waals surface area contributed by atoms with Crippen LogP contribution in [0.2, 0.25) is 0 Å². The summed E-state index contributed by atoms with van der Waals surface area (Å²) in [4.78, 5) is 23.6. The summed E-state index contributed by atoms with van der Waals surface area (Å²) >= 11 is 5.65. The molecule has 0 unspecified atom stereocenters. The summed E-state index contributed by atoms with van der Waals surface area (Å²) in [5, 5.41) is 2.89. The van der Waals surface area contributed by atoms with Crippen molar-refractivity contribution in [2.24, 2.45) is 23.7 Å². The Morgan fingerprint density at radius 2 is 2.00 bits per heavy atom. The van der Waals surface area contributed by atoms with E-state index in [4.69, 9.17) is 30.8 Å². The number of hydrogen-bond acceptors (Lipinski definition) is 5. The molecule has 136 valence electrons. The molecule has 1 aliphatic carbocycles. The van der Waals surface area contributed by atoms with Crippen molar-refractivity contribution >= 4 is 17.5 Å². The Balaban J connectivity index is 1.71. The zero-order valence-electron chi connectivity index (χ0n) is 14.4. The number of fused-ring (bicyclic) bond motifs is 2. The van der Waals surface area contributed by atoms with Crippen LogP contribution in [0.25, 0.3) is 0 Å². The Kier molecular flexibility index (Phi) is 4.12. The lowest BCUT2D eigenvalue weighted by Crippen LogP contribution is -2.72. The summed E-state index contributed by atoms with van der Waals surface area (Å²) in [6.45, 7) is 6.28. The minimum atomic E-state index is -0.793. The lowest BCUT2D eigenvalue weighted by molar-refractivity contribution is -0.571. The van der Waals surface area contributed by atoms with Crippen molar-refractivity contribution < 1.29 is 24.0 Å². The molecule has 0 aromatic carbocycles. The number of alkyl halides is 1. The molecule has 2 bridgehead atoms. The average molecular weight is 360 g/mol. The number of ether oxygens (including phenoxy) is 2. The third kappa shape index (κ3) is 2.34. The second-order valence-electron chi connectivity index (χ2n) is 8.03. The fourth-order valence-corrected chi connectivity index (χ4v) is 5.34. The van der Waals surface area contributed by atoms with E-state index in [0.29, 0.717) is 11.8 Å². The number of carbonyl (C=O) groups excluding carboxylic acids is 1.